The van der Waals surface area contributed by atoms with Crippen molar-refractivity contribution in [3.8, 4) is 22.1 Å². The summed E-state index contributed by atoms with van der Waals surface area (Å²) in [5, 5.41) is 9.19. The normalized spacial score (nSPS) is 10.8. The summed E-state index contributed by atoms with van der Waals surface area (Å²) in [7, 11) is 0. The summed E-state index contributed by atoms with van der Waals surface area (Å²) in [5.41, 5.74) is 1.64. The number of H-pyrrole nitrogens is 1. The fourth-order valence-electron chi connectivity index (χ4n) is 1.48. The number of nitrogens with zero attached hydrogens (tertiary/aromatic N) is 3. The van der Waals surface area contributed by atoms with E-state index in [1.54, 1.807) is 12.1 Å². The molecule has 7 heteroatoms. The maximum absolute atomic E-state index is 13.2. The molecule has 1 N–H and O–H groups in total. The fraction of sp³-hybridized carbons (Fsp3) is 0. The molecule has 0 bridgehead atoms. The van der Waals surface area contributed by atoms with E-state index in [4.69, 9.17) is 0 Å². The molecule has 3 rings (SSSR count). The van der Waals surface area contributed by atoms with Crippen molar-refractivity contribution in [2.45, 2.75) is 0 Å². The van der Waals surface area contributed by atoms with Gasteiger partial charge in [0.2, 0.25) is 0 Å². The van der Waals surface area contributed by atoms with E-state index in [0.717, 1.165) is 16.3 Å². The van der Waals surface area contributed by atoms with Crippen LogP contribution in [0.2, 0.25) is 0 Å². The standard InChI is InChI=1S/C11H6BrFN4S/c12-7-3-6(1-2-8(7)13)9-4-18-11(16-9)10-14-5-15-17-10/h1-5H,(H,14,15,17). The molecule has 1 aromatic carbocycles. The predicted molar refractivity (Wildman–Crippen MR) is 70.6 cm³/mol. The zero-order chi connectivity index (χ0) is 12.5. The highest BCUT2D eigenvalue weighted by atomic mass is 79.9. The van der Waals surface area contributed by atoms with E-state index in [-0.39, 0.29) is 5.82 Å². The first-order chi connectivity index (χ1) is 8.74. The Balaban J connectivity index is 2.00. The molecule has 0 aliphatic heterocycles. The zero-order valence-electron chi connectivity index (χ0n) is 8.89. The van der Waals surface area contributed by atoms with Crippen molar-refractivity contribution in [2.75, 3.05) is 0 Å². The van der Waals surface area contributed by atoms with Crippen LogP contribution in [0.4, 0.5) is 4.39 Å². The summed E-state index contributed by atoms with van der Waals surface area (Å²) < 4.78 is 13.6. The molecule has 2 heterocycles. The van der Waals surface area contributed by atoms with E-state index >= 15 is 0 Å². The molecule has 0 atom stereocenters. The number of thiazole rings is 1. The quantitative estimate of drug-likeness (QED) is 0.785. The Labute approximate surface area is 114 Å². The van der Waals surface area contributed by atoms with Gasteiger partial charge in [0.05, 0.1) is 10.2 Å². The van der Waals surface area contributed by atoms with Gasteiger partial charge in [-0.15, -0.1) is 11.3 Å². The SMILES string of the molecule is Fc1ccc(-c2csc(-c3ncn[nH]3)n2)cc1Br. The lowest BCUT2D eigenvalue weighted by Gasteiger charge is -1.98. The molecule has 0 unspecified atom stereocenters. The number of nitrogens with one attached hydrogen (secondary N) is 1. The van der Waals surface area contributed by atoms with Crippen LogP contribution >= 0.6 is 27.3 Å². The van der Waals surface area contributed by atoms with Gasteiger partial charge in [-0.1, -0.05) is 0 Å². The number of rotatable bonds is 2. The molecule has 0 aliphatic carbocycles. The van der Waals surface area contributed by atoms with Gasteiger partial charge in [-0.25, -0.2) is 14.4 Å². The minimum atomic E-state index is -0.288. The molecular formula is C11H6BrFN4S. The maximum Gasteiger partial charge on any atom is 0.184 e. The molecule has 0 amide bonds. The van der Waals surface area contributed by atoms with E-state index in [9.17, 15) is 4.39 Å². The number of hydrogen-bond donors (Lipinski definition) is 1. The van der Waals surface area contributed by atoms with Crippen LogP contribution in [0.3, 0.4) is 0 Å². The second-order valence-electron chi connectivity index (χ2n) is 3.50. The highest BCUT2D eigenvalue weighted by Crippen LogP contribution is 2.29. The van der Waals surface area contributed by atoms with Crippen LogP contribution in [-0.2, 0) is 0 Å². The first-order valence-electron chi connectivity index (χ1n) is 5.01. The second-order valence-corrected chi connectivity index (χ2v) is 5.21. The van der Waals surface area contributed by atoms with Crippen molar-refractivity contribution >= 4 is 27.3 Å². The van der Waals surface area contributed by atoms with Gasteiger partial charge >= 0.3 is 0 Å². The Bertz CT molecular complexity index is 680. The van der Waals surface area contributed by atoms with Gasteiger partial charge in [0.1, 0.15) is 12.1 Å². The molecule has 0 saturated carbocycles. The average Bonchev–Trinajstić information content (AvgIpc) is 3.01. The molecular weight excluding hydrogens is 319 g/mol. The van der Waals surface area contributed by atoms with Crippen molar-refractivity contribution < 1.29 is 4.39 Å². The number of aromatic amines is 1. The predicted octanol–water partition coefficient (Wildman–Crippen LogP) is 3.50. The zero-order valence-corrected chi connectivity index (χ0v) is 11.3. The van der Waals surface area contributed by atoms with Gasteiger partial charge in [0.25, 0.3) is 0 Å². The summed E-state index contributed by atoms with van der Waals surface area (Å²) in [6.07, 6.45) is 1.44. The Morgan fingerprint density at radius 2 is 2.22 bits per heavy atom. The summed E-state index contributed by atoms with van der Waals surface area (Å²) in [4.78, 5) is 8.47. The third kappa shape index (κ3) is 2.06. The van der Waals surface area contributed by atoms with Gasteiger partial charge in [-0.05, 0) is 34.1 Å². The molecule has 0 saturated heterocycles. The molecule has 0 radical (unpaired) electrons. The first kappa shape index (κ1) is 11.5. The average molecular weight is 325 g/mol. The third-order valence-corrected chi connectivity index (χ3v) is 3.79. The molecule has 18 heavy (non-hydrogen) atoms. The second kappa shape index (κ2) is 4.58. The lowest BCUT2D eigenvalue weighted by Crippen LogP contribution is -1.83. The van der Waals surface area contributed by atoms with E-state index in [2.05, 4.69) is 36.1 Å². The van der Waals surface area contributed by atoms with Crippen LogP contribution in [0, 0.1) is 5.82 Å². The monoisotopic (exact) mass is 324 g/mol. The first-order valence-corrected chi connectivity index (χ1v) is 6.68. The van der Waals surface area contributed by atoms with Gasteiger partial charge in [-0.3, -0.25) is 5.10 Å². The lowest BCUT2D eigenvalue weighted by atomic mass is 10.2. The number of aromatic nitrogens is 4. The van der Waals surface area contributed by atoms with Crippen molar-refractivity contribution in [3.05, 3.63) is 40.2 Å². The molecule has 4 nitrogen and oxygen atoms in total. The van der Waals surface area contributed by atoms with Crippen LogP contribution < -0.4 is 0 Å². The summed E-state index contributed by atoms with van der Waals surface area (Å²) in [6.45, 7) is 0. The van der Waals surface area contributed by atoms with Crippen LogP contribution in [0.1, 0.15) is 0 Å². The van der Waals surface area contributed by atoms with Gasteiger partial charge in [0, 0.05) is 10.9 Å². The van der Waals surface area contributed by atoms with Crippen LogP contribution in [0.5, 0.6) is 0 Å². The molecule has 3 aromatic rings. The van der Waals surface area contributed by atoms with E-state index in [1.165, 1.54) is 23.7 Å². The summed E-state index contributed by atoms with van der Waals surface area (Å²) in [5.74, 6) is 0.344. The van der Waals surface area contributed by atoms with Crippen LogP contribution in [0.25, 0.3) is 22.1 Å². The topological polar surface area (TPSA) is 54.5 Å². The number of halogens is 2. The minimum absolute atomic E-state index is 0.288. The minimum Gasteiger partial charge on any atom is -0.257 e. The Hall–Kier alpha value is -1.60. The van der Waals surface area contributed by atoms with Crippen LogP contribution in [-0.4, -0.2) is 20.2 Å². The highest BCUT2D eigenvalue weighted by molar-refractivity contribution is 9.10. The molecule has 2 aromatic heterocycles. The largest absolute Gasteiger partial charge is 0.257 e. The van der Waals surface area contributed by atoms with Gasteiger partial charge < -0.3 is 0 Å². The lowest BCUT2D eigenvalue weighted by molar-refractivity contribution is 0.621. The van der Waals surface area contributed by atoms with E-state index in [1.807, 2.05) is 5.38 Å². The van der Waals surface area contributed by atoms with Crippen molar-refractivity contribution in [1.29, 1.82) is 0 Å². The molecule has 0 fully saturated rings. The Morgan fingerprint density at radius 1 is 1.33 bits per heavy atom. The van der Waals surface area contributed by atoms with E-state index < -0.39 is 0 Å². The fourth-order valence-corrected chi connectivity index (χ4v) is 2.63. The molecule has 90 valence electrons. The molecule has 0 aliphatic rings. The number of hydrogen-bond acceptors (Lipinski definition) is 4. The highest BCUT2D eigenvalue weighted by Gasteiger charge is 2.10. The van der Waals surface area contributed by atoms with E-state index in [0.29, 0.717) is 10.3 Å². The number of benzene rings is 1. The van der Waals surface area contributed by atoms with Crippen molar-refractivity contribution in [2.24, 2.45) is 0 Å². The molecule has 0 spiro atoms. The maximum atomic E-state index is 13.2. The third-order valence-electron chi connectivity index (χ3n) is 2.34. The van der Waals surface area contributed by atoms with Gasteiger partial charge in [-0.2, -0.15) is 5.10 Å². The Morgan fingerprint density at radius 3 is 2.94 bits per heavy atom. The Kier molecular flexibility index (Phi) is 2.92. The van der Waals surface area contributed by atoms with Crippen molar-refractivity contribution in [3.63, 3.8) is 0 Å². The summed E-state index contributed by atoms with van der Waals surface area (Å²) in [6, 6.07) is 4.81. The summed E-state index contributed by atoms with van der Waals surface area (Å²) >= 11 is 4.62. The van der Waals surface area contributed by atoms with Crippen molar-refractivity contribution in [1.82, 2.24) is 20.2 Å². The van der Waals surface area contributed by atoms with Gasteiger partial charge in [0.15, 0.2) is 10.8 Å². The smallest absolute Gasteiger partial charge is 0.184 e. The van der Waals surface area contributed by atoms with Crippen LogP contribution in [0.15, 0.2) is 34.4 Å².